The molecular formula is C15H25N3O. The van der Waals surface area contributed by atoms with Crippen LogP contribution >= 0.6 is 0 Å². The number of aromatic nitrogens is 1. The summed E-state index contributed by atoms with van der Waals surface area (Å²) in [4.78, 5) is 6.98. The van der Waals surface area contributed by atoms with Crippen LogP contribution in [0.2, 0.25) is 0 Å². The van der Waals surface area contributed by atoms with Crippen molar-refractivity contribution in [2.75, 3.05) is 13.2 Å². The molecule has 0 aliphatic carbocycles. The van der Waals surface area contributed by atoms with Crippen LogP contribution in [-0.4, -0.2) is 41.2 Å². The first kappa shape index (κ1) is 14.4. The highest BCUT2D eigenvalue weighted by Gasteiger charge is 2.34. The Labute approximate surface area is 116 Å². The second-order valence-electron chi connectivity index (χ2n) is 5.46. The lowest BCUT2D eigenvalue weighted by Crippen LogP contribution is -2.53. The van der Waals surface area contributed by atoms with Crippen molar-refractivity contribution in [3.63, 3.8) is 0 Å². The highest BCUT2D eigenvalue weighted by molar-refractivity contribution is 5.12. The molecule has 0 bridgehead atoms. The van der Waals surface area contributed by atoms with Crippen molar-refractivity contribution in [1.82, 2.24) is 9.88 Å². The van der Waals surface area contributed by atoms with Crippen molar-refractivity contribution >= 4 is 0 Å². The van der Waals surface area contributed by atoms with Gasteiger partial charge in [-0.15, -0.1) is 0 Å². The summed E-state index contributed by atoms with van der Waals surface area (Å²) in [6.45, 7) is 8.09. The number of hydrogen-bond donors (Lipinski definition) is 1. The van der Waals surface area contributed by atoms with Crippen LogP contribution in [0.5, 0.6) is 0 Å². The molecule has 1 fully saturated rings. The maximum Gasteiger partial charge on any atom is 0.0675 e. The molecular weight excluding hydrogens is 238 g/mol. The summed E-state index contributed by atoms with van der Waals surface area (Å²) in [5, 5.41) is 0. The standard InChI is InChI=1S/C15H25N3O/c1-4-13-10-19-11(2)9-18(13)15(12(3)16)14-7-5-6-8-17-14/h5-8,11-13,15H,4,9-10,16H2,1-3H3. The van der Waals surface area contributed by atoms with Crippen molar-refractivity contribution in [2.24, 2.45) is 5.73 Å². The van der Waals surface area contributed by atoms with Gasteiger partial charge in [0.1, 0.15) is 0 Å². The fraction of sp³-hybridized carbons (Fsp3) is 0.667. The van der Waals surface area contributed by atoms with E-state index in [1.807, 2.05) is 18.3 Å². The minimum Gasteiger partial charge on any atom is -0.376 e. The monoisotopic (exact) mass is 263 g/mol. The highest BCUT2D eigenvalue weighted by atomic mass is 16.5. The predicted octanol–water partition coefficient (Wildman–Crippen LogP) is 1.97. The van der Waals surface area contributed by atoms with E-state index in [0.717, 1.165) is 25.3 Å². The van der Waals surface area contributed by atoms with Crippen LogP contribution in [0.15, 0.2) is 24.4 Å². The fourth-order valence-corrected chi connectivity index (χ4v) is 2.85. The lowest BCUT2D eigenvalue weighted by molar-refractivity contribution is -0.0768. The van der Waals surface area contributed by atoms with Crippen LogP contribution in [0.25, 0.3) is 0 Å². The number of nitrogens with two attached hydrogens (primary N) is 1. The molecule has 1 aromatic heterocycles. The van der Waals surface area contributed by atoms with Gasteiger partial charge in [0.25, 0.3) is 0 Å². The summed E-state index contributed by atoms with van der Waals surface area (Å²) < 4.78 is 5.77. The van der Waals surface area contributed by atoms with Gasteiger partial charge in [-0.1, -0.05) is 13.0 Å². The molecule has 106 valence electrons. The van der Waals surface area contributed by atoms with Crippen LogP contribution in [-0.2, 0) is 4.74 Å². The van der Waals surface area contributed by atoms with Gasteiger partial charge >= 0.3 is 0 Å². The van der Waals surface area contributed by atoms with Crippen LogP contribution in [0.4, 0.5) is 0 Å². The van der Waals surface area contributed by atoms with Crippen molar-refractivity contribution in [1.29, 1.82) is 0 Å². The molecule has 0 saturated carbocycles. The summed E-state index contributed by atoms with van der Waals surface area (Å²) in [6.07, 6.45) is 3.17. The largest absolute Gasteiger partial charge is 0.376 e. The van der Waals surface area contributed by atoms with Gasteiger partial charge in [-0.2, -0.15) is 0 Å². The third-order valence-corrected chi connectivity index (χ3v) is 3.83. The third kappa shape index (κ3) is 3.32. The number of hydrogen-bond acceptors (Lipinski definition) is 4. The first-order valence-corrected chi connectivity index (χ1v) is 7.17. The molecule has 1 aromatic rings. The van der Waals surface area contributed by atoms with E-state index in [1.54, 1.807) is 0 Å². The number of nitrogens with zero attached hydrogens (tertiary/aromatic N) is 2. The molecule has 2 heterocycles. The normalized spacial score (nSPS) is 28.0. The lowest BCUT2D eigenvalue weighted by atomic mass is 9.99. The number of morpholine rings is 1. The molecule has 4 unspecified atom stereocenters. The molecule has 0 spiro atoms. The maximum absolute atomic E-state index is 6.24. The Morgan fingerprint density at radius 3 is 2.89 bits per heavy atom. The molecule has 1 aliphatic heterocycles. The van der Waals surface area contributed by atoms with Gasteiger partial charge in [-0.05, 0) is 32.4 Å². The molecule has 4 atom stereocenters. The molecule has 1 saturated heterocycles. The minimum atomic E-state index is 0.0502. The van der Waals surface area contributed by atoms with Crippen molar-refractivity contribution in [2.45, 2.75) is 51.4 Å². The molecule has 2 N–H and O–H groups in total. The zero-order chi connectivity index (χ0) is 13.8. The Kier molecular flexibility index (Phi) is 4.91. The summed E-state index contributed by atoms with van der Waals surface area (Å²) >= 11 is 0. The van der Waals surface area contributed by atoms with E-state index in [4.69, 9.17) is 10.5 Å². The molecule has 0 radical (unpaired) electrons. The van der Waals surface area contributed by atoms with Crippen LogP contribution in [0, 0.1) is 0 Å². The SMILES string of the molecule is CCC1COC(C)CN1C(c1ccccn1)C(C)N. The molecule has 4 heteroatoms. The van der Waals surface area contributed by atoms with Gasteiger partial charge in [-0.3, -0.25) is 9.88 Å². The zero-order valence-corrected chi connectivity index (χ0v) is 12.1. The van der Waals surface area contributed by atoms with Gasteiger partial charge < -0.3 is 10.5 Å². The first-order chi connectivity index (χ1) is 9.13. The van der Waals surface area contributed by atoms with Gasteiger partial charge in [0.2, 0.25) is 0 Å². The smallest absolute Gasteiger partial charge is 0.0675 e. The summed E-state index contributed by atoms with van der Waals surface area (Å²) in [6, 6.07) is 6.69. The maximum atomic E-state index is 6.24. The van der Waals surface area contributed by atoms with E-state index >= 15 is 0 Å². The molecule has 4 nitrogen and oxygen atoms in total. The average molecular weight is 263 g/mol. The Hall–Kier alpha value is -0.970. The van der Waals surface area contributed by atoms with Gasteiger partial charge in [-0.25, -0.2) is 0 Å². The Balaban J connectivity index is 2.26. The zero-order valence-electron chi connectivity index (χ0n) is 12.1. The van der Waals surface area contributed by atoms with Gasteiger partial charge in [0.05, 0.1) is 24.4 Å². The Morgan fingerprint density at radius 1 is 1.53 bits per heavy atom. The summed E-state index contributed by atoms with van der Waals surface area (Å²) in [7, 11) is 0. The topological polar surface area (TPSA) is 51.4 Å². The first-order valence-electron chi connectivity index (χ1n) is 7.17. The van der Waals surface area contributed by atoms with E-state index in [0.29, 0.717) is 6.04 Å². The number of ether oxygens (including phenoxy) is 1. The van der Waals surface area contributed by atoms with E-state index in [1.165, 1.54) is 0 Å². The molecule has 2 rings (SSSR count). The van der Waals surface area contributed by atoms with E-state index in [-0.39, 0.29) is 18.2 Å². The molecule has 0 aromatic carbocycles. The minimum absolute atomic E-state index is 0.0502. The van der Waals surface area contributed by atoms with Crippen LogP contribution in [0.3, 0.4) is 0 Å². The molecule has 1 aliphatic rings. The second-order valence-corrected chi connectivity index (χ2v) is 5.46. The second kappa shape index (κ2) is 6.46. The quantitative estimate of drug-likeness (QED) is 0.902. The lowest BCUT2D eigenvalue weighted by Gasteiger charge is -2.44. The summed E-state index contributed by atoms with van der Waals surface area (Å²) in [5.41, 5.74) is 7.30. The Morgan fingerprint density at radius 2 is 2.32 bits per heavy atom. The van der Waals surface area contributed by atoms with Crippen LogP contribution in [0.1, 0.15) is 38.9 Å². The summed E-state index contributed by atoms with van der Waals surface area (Å²) in [5.74, 6) is 0. The average Bonchev–Trinajstić information content (AvgIpc) is 2.40. The third-order valence-electron chi connectivity index (χ3n) is 3.83. The molecule has 0 amide bonds. The molecule has 19 heavy (non-hydrogen) atoms. The number of pyridine rings is 1. The van der Waals surface area contributed by atoms with E-state index < -0.39 is 0 Å². The van der Waals surface area contributed by atoms with Crippen molar-refractivity contribution < 1.29 is 4.74 Å². The van der Waals surface area contributed by atoms with Gasteiger partial charge in [0.15, 0.2) is 0 Å². The van der Waals surface area contributed by atoms with E-state index in [9.17, 15) is 0 Å². The number of rotatable bonds is 4. The Bertz CT molecular complexity index is 382. The predicted molar refractivity (Wildman–Crippen MR) is 76.8 cm³/mol. The van der Waals surface area contributed by atoms with Crippen molar-refractivity contribution in [3.8, 4) is 0 Å². The van der Waals surface area contributed by atoms with Crippen molar-refractivity contribution in [3.05, 3.63) is 30.1 Å². The van der Waals surface area contributed by atoms with Crippen LogP contribution < -0.4 is 5.73 Å². The van der Waals surface area contributed by atoms with E-state index in [2.05, 4.69) is 36.7 Å². The highest BCUT2D eigenvalue weighted by Crippen LogP contribution is 2.28. The van der Waals surface area contributed by atoms with Gasteiger partial charge in [0, 0.05) is 24.8 Å². The fourth-order valence-electron chi connectivity index (χ4n) is 2.85.